The summed E-state index contributed by atoms with van der Waals surface area (Å²) in [7, 11) is 0. The molecule has 6 heteroatoms. The third kappa shape index (κ3) is 4.03. The molecule has 1 heterocycles. The van der Waals surface area contributed by atoms with Gasteiger partial charge in [-0.2, -0.15) is 0 Å². The van der Waals surface area contributed by atoms with Gasteiger partial charge in [0.1, 0.15) is 0 Å². The Bertz CT molecular complexity index is 544. The molecular weight excluding hydrogens is 330 g/mol. The maximum atomic E-state index is 6.13. The van der Waals surface area contributed by atoms with Gasteiger partial charge in [0.2, 0.25) is 11.8 Å². The Morgan fingerprint density at radius 1 is 1.37 bits per heavy atom. The summed E-state index contributed by atoms with van der Waals surface area (Å²) in [6.07, 6.45) is 1.74. The van der Waals surface area contributed by atoms with Crippen molar-refractivity contribution in [2.45, 2.75) is 19.8 Å². The van der Waals surface area contributed by atoms with Crippen molar-refractivity contribution in [3.8, 4) is 11.5 Å². The lowest BCUT2D eigenvalue weighted by atomic mass is 10.2. The number of benzene rings is 1. The molecule has 0 saturated heterocycles. The molecular formula is C13H15BrClN3O. The number of halogens is 2. The fourth-order valence-corrected chi connectivity index (χ4v) is 2.23. The first-order valence-electron chi connectivity index (χ1n) is 6.19. The Morgan fingerprint density at radius 2 is 2.21 bits per heavy atom. The molecule has 0 unspecified atom stereocenters. The quantitative estimate of drug-likeness (QED) is 0.812. The lowest BCUT2D eigenvalue weighted by Crippen LogP contribution is -2.14. The third-order valence-corrected chi connectivity index (χ3v) is 3.44. The van der Waals surface area contributed by atoms with E-state index in [1.165, 1.54) is 0 Å². The maximum absolute atomic E-state index is 6.13. The monoisotopic (exact) mass is 343 g/mol. The van der Waals surface area contributed by atoms with Crippen molar-refractivity contribution in [3.05, 3.63) is 33.6 Å². The van der Waals surface area contributed by atoms with E-state index < -0.39 is 0 Å². The summed E-state index contributed by atoms with van der Waals surface area (Å²) in [5, 5.41) is 11.9. The van der Waals surface area contributed by atoms with E-state index in [1.54, 1.807) is 6.07 Å². The van der Waals surface area contributed by atoms with Crippen LogP contribution < -0.4 is 5.32 Å². The van der Waals surface area contributed by atoms with E-state index in [-0.39, 0.29) is 0 Å². The predicted molar refractivity (Wildman–Crippen MR) is 79.3 cm³/mol. The van der Waals surface area contributed by atoms with Gasteiger partial charge in [-0.15, -0.1) is 10.2 Å². The molecule has 0 atom stereocenters. The van der Waals surface area contributed by atoms with E-state index in [0.717, 1.165) is 36.0 Å². The van der Waals surface area contributed by atoms with Gasteiger partial charge in [-0.1, -0.05) is 34.5 Å². The molecule has 0 aliphatic rings. The van der Waals surface area contributed by atoms with Gasteiger partial charge in [0.05, 0.1) is 10.6 Å². The highest BCUT2D eigenvalue weighted by Gasteiger charge is 2.12. The molecule has 4 nitrogen and oxygen atoms in total. The molecule has 0 bridgehead atoms. The predicted octanol–water partition coefficient (Wildman–Crippen LogP) is 3.69. The molecule has 19 heavy (non-hydrogen) atoms. The molecule has 102 valence electrons. The minimum atomic E-state index is 0.463. The molecule has 0 radical (unpaired) electrons. The topological polar surface area (TPSA) is 51.0 Å². The van der Waals surface area contributed by atoms with Crippen LogP contribution in [-0.4, -0.2) is 23.3 Å². The Hall–Kier alpha value is -0.910. The Balaban J connectivity index is 2.06. The first-order chi connectivity index (χ1) is 9.20. The first-order valence-corrected chi connectivity index (χ1v) is 7.36. The van der Waals surface area contributed by atoms with Crippen molar-refractivity contribution in [2.24, 2.45) is 0 Å². The molecule has 1 aromatic heterocycles. The van der Waals surface area contributed by atoms with Crippen LogP contribution in [0.15, 0.2) is 27.1 Å². The summed E-state index contributed by atoms with van der Waals surface area (Å²) < 4.78 is 6.56. The smallest absolute Gasteiger partial charge is 0.249 e. The number of nitrogens with zero attached hydrogens (tertiary/aromatic N) is 2. The molecule has 1 aromatic carbocycles. The summed E-state index contributed by atoms with van der Waals surface area (Å²) in [6, 6.07) is 5.55. The van der Waals surface area contributed by atoms with E-state index in [4.69, 9.17) is 16.0 Å². The fraction of sp³-hybridized carbons (Fsp3) is 0.385. The lowest BCUT2D eigenvalue weighted by Gasteiger charge is -2.00. The van der Waals surface area contributed by atoms with Gasteiger partial charge in [0.25, 0.3) is 0 Å². The van der Waals surface area contributed by atoms with Crippen LogP contribution >= 0.6 is 27.5 Å². The number of nitrogens with one attached hydrogen (secondary N) is 1. The van der Waals surface area contributed by atoms with E-state index in [9.17, 15) is 0 Å². The van der Waals surface area contributed by atoms with Crippen molar-refractivity contribution >= 4 is 27.5 Å². The van der Waals surface area contributed by atoms with E-state index >= 15 is 0 Å². The highest BCUT2D eigenvalue weighted by Crippen LogP contribution is 2.29. The molecule has 0 fully saturated rings. The average Bonchev–Trinajstić information content (AvgIpc) is 2.86. The van der Waals surface area contributed by atoms with Crippen molar-refractivity contribution in [1.29, 1.82) is 0 Å². The van der Waals surface area contributed by atoms with Crippen LogP contribution in [0.4, 0.5) is 0 Å². The number of hydrogen-bond acceptors (Lipinski definition) is 4. The highest BCUT2D eigenvalue weighted by molar-refractivity contribution is 9.10. The Labute approximate surface area is 125 Å². The minimum absolute atomic E-state index is 0.463. The van der Waals surface area contributed by atoms with Crippen LogP contribution in [0, 0.1) is 0 Å². The molecule has 1 N–H and O–H groups in total. The molecule has 0 spiro atoms. The highest BCUT2D eigenvalue weighted by atomic mass is 79.9. The normalized spacial score (nSPS) is 10.9. The van der Waals surface area contributed by atoms with Crippen LogP contribution in [0.5, 0.6) is 0 Å². The van der Waals surface area contributed by atoms with Gasteiger partial charge < -0.3 is 9.73 Å². The van der Waals surface area contributed by atoms with Crippen LogP contribution in [0.25, 0.3) is 11.5 Å². The van der Waals surface area contributed by atoms with Gasteiger partial charge in [0.15, 0.2) is 0 Å². The molecule has 0 saturated carbocycles. The van der Waals surface area contributed by atoms with Crippen LogP contribution in [0.3, 0.4) is 0 Å². The SMILES string of the molecule is CCNCCCc1nnc(-c2cc(Br)ccc2Cl)o1. The summed E-state index contributed by atoms with van der Waals surface area (Å²) >= 11 is 9.53. The van der Waals surface area contributed by atoms with Crippen LogP contribution in [0.1, 0.15) is 19.2 Å². The maximum Gasteiger partial charge on any atom is 0.249 e. The Kier molecular flexibility index (Phi) is 5.36. The van der Waals surface area contributed by atoms with Gasteiger partial charge in [0, 0.05) is 10.9 Å². The van der Waals surface area contributed by atoms with E-state index in [2.05, 4.69) is 38.4 Å². The zero-order chi connectivity index (χ0) is 13.7. The van der Waals surface area contributed by atoms with E-state index in [1.807, 2.05) is 12.1 Å². The molecule has 2 aromatic rings. The second kappa shape index (κ2) is 7.03. The van der Waals surface area contributed by atoms with Crippen LogP contribution in [0.2, 0.25) is 5.02 Å². The van der Waals surface area contributed by atoms with Crippen molar-refractivity contribution in [1.82, 2.24) is 15.5 Å². The molecule has 0 aliphatic heterocycles. The van der Waals surface area contributed by atoms with Crippen LogP contribution in [-0.2, 0) is 6.42 Å². The fourth-order valence-electron chi connectivity index (χ4n) is 1.67. The van der Waals surface area contributed by atoms with E-state index in [0.29, 0.717) is 16.8 Å². The Morgan fingerprint density at radius 3 is 3.00 bits per heavy atom. The van der Waals surface area contributed by atoms with Gasteiger partial charge >= 0.3 is 0 Å². The molecule has 0 aliphatic carbocycles. The second-order valence-corrected chi connectivity index (χ2v) is 5.41. The number of rotatable bonds is 6. The largest absolute Gasteiger partial charge is 0.421 e. The summed E-state index contributed by atoms with van der Waals surface area (Å²) in [5.41, 5.74) is 0.751. The lowest BCUT2D eigenvalue weighted by molar-refractivity contribution is 0.492. The number of aromatic nitrogens is 2. The average molecular weight is 345 g/mol. The standard InChI is InChI=1S/C13H15BrClN3O/c1-2-16-7-3-4-12-17-18-13(19-12)10-8-9(14)5-6-11(10)15/h5-6,8,16H,2-4,7H2,1H3. The first kappa shape index (κ1) is 14.5. The van der Waals surface area contributed by atoms with Gasteiger partial charge in [-0.3, -0.25) is 0 Å². The van der Waals surface area contributed by atoms with Gasteiger partial charge in [-0.05, 0) is 37.7 Å². The van der Waals surface area contributed by atoms with Gasteiger partial charge in [-0.25, -0.2) is 0 Å². The molecule has 0 amide bonds. The second-order valence-electron chi connectivity index (χ2n) is 4.08. The number of aryl methyl sites for hydroxylation is 1. The summed E-state index contributed by atoms with van der Waals surface area (Å²) in [6.45, 7) is 4.01. The minimum Gasteiger partial charge on any atom is -0.421 e. The zero-order valence-corrected chi connectivity index (χ0v) is 13.0. The number of hydrogen-bond donors (Lipinski definition) is 1. The zero-order valence-electron chi connectivity index (χ0n) is 10.6. The summed E-state index contributed by atoms with van der Waals surface area (Å²) in [5.74, 6) is 1.11. The third-order valence-electron chi connectivity index (χ3n) is 2.62. The van der Waals surface area contributed by atoms with Crippen molar-refractivity contribution in [3.63, 3.8) is 0 Å². The van der Waals surface area contributed by atoms with Crippen molar-refractivity contribution < 1.29 is 4.42 Å². The molecule has 2 rings (SSSR count). The summed E-state index contributed by atoms with van der Waals surface area (Å²) in [4.78, 5) is 0. The van der Waals surface area contributed by atoms with Crippen molar-refractivity contribution in [2.75, 3.05) is 13.1 Å².